The Balaban J connectivity index is 1.60. The van der Waals surface area contributed by atoms with E-state index >= 15 is 0 Å². The van der Waals surface area contributed by atoms with E-state index in [0.717, 1.165) is 5.39 Å². The molecule has 0 bridgehead atoms. The SMILES string of the molecule is CCOc1cc(C=Nn2c(-c3cc4ccccc4o3)nc3ccccc3c2=O)ccc1OCC(N)=O. The molecule has 2 aromatic heterocycles. The summed E-state index contributed by atoms with van der Waals surface area (Å²) in [6.45, 7) is 1.95. The average molecular weight is 482 g/mol. The molecular weight excluding hydrogens is 460 g/mol. The van der Waals surface area contributed by atoms with Gasteiger partial charge in [-0.15, -0.1) is 0 Å². The van der Waals surface area contributed by atoms with Crippen LogP contribution in [0.15, 0.2) is 87.1 Å². The van der Waals surface area contributed by atoms with Crippen LogP contribution in [0.1, 0.15) is 12.5 Å². The summed E-state index contributed by atoms with van der Waals surface area (Å²) in [5.74, 6) is 0.896. The summed E-state index contributed by atoms with van der Waals surface area (Å²) in [5, 5.41) is 5.78. The van der Waals surface area contributed by atoms with E-state index in [2.05, 4.69) is 10.1 Å². The van der Waals surface area contributed by atoms with E-state index in [1.54, 1.807) is 36.4 Å². The Morgan fingerprint density at radius 2 is 1.86 bits per heavy atom. The maximum absolute atomic E-state index is 13.4. The van der Waals surface area contributed by atoms with Gasteiger partial charge in [0, 0.05) is 5.39 Å². The molecule has 0 unspecified atom stereocenters. The van der Waals surface area contributed by atoms with Gasteiger partial charge in [-0.1, -0.05) is 30.3 Å². The summed E-state index contributed by atoms with van der Waals surface area (Å²) < 4.78 is 18.3. The van der Waals surface area contributed by atoms with E-state index in [-0.39, 0.29) is 18.0 Å². The Hall–Kier alpha value is -4.92. The van der Waals surface area contributed by atoms with Gasteiger partial charge in [-0.05, 0) is 55.0 Å². The zero-order valence-electron chi connectivity index (χ0n) is 19.4. The van der Waals surface area contributed by atoms with Crippen molar-refractivity contribution in [1.82, 2.24) is 9.66 Å². The number of hydrogen-bond acceptors (Lipinski definition) is 7. The van der Waals surface area contributed by atoms with Crippen LogP contribution < -0.4 is 20.8 Å². The number of nitrogens with two attached hydrogens (primary N) is 1. The first-order valence-electron chi connectivity index (χ1n) is 11.3. The summed E-state index contributed by atoms with van der Waals surface area (Å²) >= 11 is 0. The molecule has 9 nitrogen and oxygen atoms in total. The van der Waals surface area contributed by atoms with Crippen molar-refractivity contribution in [3.8, 4) is 23.1 Å². The molecule has 1 amide bonds. The lowest BCUT2D eigenvalue weighted by atomic mass is 10.2. The highest BCUT2D eigenvalue weighted by molar-refractivity contribution is 5.85. The van der Waals surface area contributed by atoms with Crippen LogP contribution in [-0.4, -0.2) is 35.0 Å². The number of ether oxygens (including phenoxy) is 2. The molecule has 2 heterocycles. The number of rotatable bonds is 8. The van der Waals surface area contributed by atoms with Crippen molar-refractivity contribution in [2.45, 2.75) is 6.92 Å². The average Bonchev–Trinajstić information content (AvgIpc) is 3.32. The third kappa shape index (κ3) is 4.54. The minimum atomic E-state index is -0.593. The van der Waals surface area contributed by atoms with Crippen molar-refractivity contribution in [3.63, 3.8) is 0 Å². The van der Waals surface area contributed by atoms with E-state index in [4.69, 9.17) is 19.6 Å². The van der Waals surface area contributed by atoms with Crippen LogP contribution in [-0.2, 0) is 4.79 Å². The molecule has 0 aliphatic heterocycles. The van der Waals surface area contributed by atoms with Gasteiger partial charge in [0.05, 0.1) is 23.7 Å². The lowest BCUT2D eigenvalue weighted by Crippen LogP contribution is -2.20. The number of nitrogens with zero attached hydrogens (tertiary/aromatic N) is 3. The predicted octanol–water partition coefficient (Wildman–Crippen LogP) is 3.95. The Bertz CT molecular complexity index is 1640. The molecule has 2 N–H and O–H groups in total. The zero-order chi connectivity index (χ0) is 25.1. The van der Waals surface area contributed by atoms with Crippen LogP contribution >= 0.6 is 0 Å². The maximum Gasteiger partial charge on any atom is 0.282 e. The molecule has 0 spiro atoms. The summed E-state index contributed by atoms with van der Waals surface area (Å²) in [7, 11) is 0. The van der Waals surface area contributed by atoms with Gasteiger partial charge in [-0.25, -0.2) is 4.98 Å². The fourth-order valence-electron chi connectivity index (χ4n) is 3.75. The van der Waals surface area contributed by atoms with Gasteiger partial charge in [-0.3, -0.25) is 9.59 Å². The fourth-order valence-corrected chi connectivity index (χ4v) is 3.75. The molecule has 5 aromatic rings. The molecule has 0 saturated heterocycles. The zero-order valence-corrected chi connectivity index (χ0v) is 19.4. The van der Waals surface area contributed by atoms with Crippen molar-refractivity contribution in [2.75, 3.05) is 13.2 Å². The van der Waals surface area contributed by atoms with Gasteiger partial charge < -0.3 is 19.6 Å². The first kappa shape index (κ1) is 22.9. The number of amides is 1. The number of primary amides is 1. The molecule has 0 aliphatic carbocycles. The molecule has 180 valence electrons. The third-order valence-electron chi connectivity index (χ3n) is 5.36. The smallest absolute Gasteiger partial charge is 0.282 e. The van der Waals surface area contributed by atoms with Gasteiger partial charge in [-0.2, -0.15) is 9.78 Å². The number of carbonyl (C=O) groups excluding carboxylic acids is 1. The van der Waals surface area contributed by atoms with Crippen molar-refractivity contribution < 1.29 is 18.7 Å². The Kier molecular flexibility index (Phi) is 6.19. The number of para-hydroxylation sites is 2. The van der Waals surface area contributed by atoms with E-state index in [0.29, 0.717) is 45.9 Å². The minimum Gasteiger partial charge on any atom is -0.490 e. The molecule has 0 radical (unpaired) electrons. The highest BCUT2D eigenvalue weighted by Crippen LogP contribution is 2.29. The van der Waals surface area contributed by atoms with E-state index in [9.17, 15) is 9.59 Å². The topological polar surface area (TPSA) is 122 Å². The quantitative estimate of drug-likeness (QED) is 0.334. The number of furan rings is 1. The van der Waals surface area contributed by atoms with Crippen molar-refractivity contribution >= 4 is 34.0 Å². The van der Waals surface area contributed by atoms with Crippen LogP contribution in [0.3, 0.4) is 0 Å². The first-order valence-corrected chi connectivity index (χ1v) is 11.3. The molecule has 5 rings (SSSR count). The van der Waals surface area contributed by atoms with Crippen LogP contribution in [0.2, 0.25) is 0 Å². The highest BCUT2D eigenvalue weighted by atomic mass is 16.5. The standard InChI is InChI=1S/C27H22N4O5/c1-2-34-23-13-17(11-12-22(23)35-16-25(28)32)15-29-31-26(24-14-18-7-3-6-10-21(18)36-24)30-20-9-5-4-8-19(20)27(31)33/h3-15H,2,16H2,1H3,(H2,28,32). The molecule has 0 aliphatic rings. The minimum absolute atomic E-state index is 0.271. The number of hydrogen-bond donors (Lipinski definition) is 1. The van der Waals surface area contributed by atoms with Gasteiger partial charge in [0.25, 0.3) is 11.5 Å². The largest absolute Gasteiger partial charge is 0.490 e. The summed E-state index contributed by atoms with van der Waals surface area (Å²) in [6, 6.07) is 21.5. The number of benzene rings is 3. The predicted molar refractivity (Wildman–Crippen MR) is 137 cm³/mol. The lowest BCUT2D eigenvalue weighted by molar-refractivity contribution is -0.119. The Morgan fingerprint density at radius 1 is 1.06 bits per heavy atom. The molecule has 3 aromatic carbocycles. The van der Waals surface area contributed by atoms with Gasteiger partial charge >= 0.3 is 0 Å². The molecule has 36 heavy (non-hydrogen) atoms. The monoisotopic (exact) mass is 482 g/mol. The number of aromatic nitrogens is 2. The number of carbonyl (C=O) groups is 1. The second-order valence-electron chi connectivity index (χ2n) is 7.86. The normalized spacial score (nSPS) is 11.4. The maximum atomic E-state index is 13.4. The van der Waals surface area contributed by atoms with Gasteiger partial charge in [0.1, 0.15) is 5.58 Å². The molecule has 0 atom stereocenters. The van der Waals surface area contributed by atoms with Gasteiger partial charge in [0.15, 0.2) is 23.9 Å². The van der Waals surface area contributed by atoms with Crippen molar-refractivity contribution in [1.29, 1.82) is 0 Å². The van der Waals surface area contributed by atoms with E-state index in [1.807, 2.05) is 43.3 Å². The third-order valence-corrected chi connectivity index (χ3v) is 5.36. The molecular formula is C27H22N4O5. The summed E-state index contributed by atoms with van der Waals surface area (Å²) in [6.07, 6.45) is 1.52. The van der Waals surface area contributed by atoms with E-state index in [1.165, 1.54) is 10.9 Å². The van der Waals surface area contributed by atoms with E-state index < -0.39 is 5.91 Å². The second-order valence-corrected chi connectivity index (χ2v) is 7.86. The van der Waals surface area contributed by atoms with Crippen LogP contribution in [0, 0.1) is 0 Å². The number of fused-ring (bicyclic) bond motifs is 2. The molecule has 0 fully saturated rings. The molecule has 0 saturated carbocycles. The van der Waals surface area contributed by atoms with Gasteiger partial charge in [0.2, 0.25) is 5.82 Å². The summed E-state index contributed by atoms with van der Waals surface area (Å²) in [5.41, 5.74) is 6.70. The van der Waals surface area contributed by atoms with Crippen LogP contribution in [0.4, 0.5) is 0 Å². The van der Waals surface area contributed by atoms with Crippen molar-refractivity contribution in [3.05, 3.63) is 88.7 Å². The van der Waals surface area contributed by atoms with Crippen LogP contribution in [0.25, 0.3) is 33.5 Å². The van der Waals surface area contributed by atoms with Crippen LogP contribution in [0.5, 0.6) is 11.5 Å². The highest BCUT2D eigenvalue weighted by Gasteiger charge is 2.16. The van der Waals surface area contributed by atoms with Crippen molar-refractivity contribution in [2.24, 2.45) is 10.8 Å². The Morgan fingerprint density at radius 3 is 2.67 bits per heavy atom. The molecule has 9 heteroatoms. The second kappa shape index (κ2) is 9.75. The Labute approximate surface area is 205 Å². The fraction of sp³-hybridized carbons (Fsp3) is 0.111. The lowest BCUT2D eigenvalue weighted by Gasteiger charge is -2.11. The summed E-state index contributed by atoms with van der Waals surface area (Å²) in [4.78, 5) is 29.2. The first-order chi connectivity index (χ1) is 17.5.